The number of carbonyl (C=O) groups excluding carboxylic acids is 1. The van der Waals surface area contributed by atoms with E-state index in [0.717, 1.165) is 26.1 Å². The zero-order valence-corrected chi connectivity index (χ0v) is 10.6. The Morgan fingerprint density at radius 3 is 2.83 bits per heavy atom. The summed E-state index contributed by atoms with van der Waals surface area (Å²) in [5.41, 5.74) is 6.17. The van der Waals surface area contributed by atoms with E-state index >= 15 is 0 Å². The molecule has 2 rings (SSSR count). The van der Waals surface area contributed by atoms with Crippen molar-refractivity contribution in [3.05, 3.63) is 18.3 Å². The summed E-state index contributed by atoms with van der Waals surface area (Å²) in [6.45, 7) is 1.53. The molecule has 1 aromatic rings. The van der Waals surface area contributed by atoms with Crippen LogP contribution in [0.2, 0.25) is 0 Å². The highest BCUT2D eigenvalue weighted by molar-refractivity contribution is 5.92. The smallest absolute Gasteiger partial charge is 0.228 e. The fourth-order valence-electron chi connectivity index (χ4n) is 2.06. The molecule has 1 aliphatic rings. The fraction of sp³-hybridized carbons (Fsp3) is 0.538. The number of nitrogens with zero attached hydrogens (tertiary/aromatic N) is 2. The van der Waals surface area contributed by atoms with Crippen LogP contribution in [0, 0.1) is 5.92 Å². The second-order valence-electron chi connectivity index (χ2n) is 4.66. The minimum atomic E-state index is 0.0965. The van der Waals surface area contributed by atoms with Crippen LogP contribution in [-0.2, 0) is 9.53 Å². The van der Waals surface area contributed by atoms with Gasteiger partial charge in [0.15, 0.2) is 0 Å². The maximum atomic E-state index is 12.1. The van der Waals surface area contributed by atoms with Gasteiger partial charge in [-0.2, -0.15) is 0 Å². The Hall–Kier alpha value is -1.62. The van der Waals surface area contributed by atoms with E-state index in [1.54, 1.807) is 30.3 Å². The van der Waals surface area contributed by atoms with E-state index in [2.05, 4.69) is 4.98 Å². The van der Waals surface area contributed by atoms with Crippen LogP contribution >= 0.6 is 0 Å². The van der Waals surface area contributed by atoms with Crippen molar-refractivity contribution in [2.45, 2.75) is 19.3 Å². The molecule has 0 aliphatic carbocycles. The summed E-state index contributed by atoms with van der Waals surface area (Å²) < 4.78 is 5.29. The molecule has 0 spiro atoms. The highest BCUT2D eigenvalue weighted by atomic mass is 16.5. The topological polar surface area (TPSA) is 68.5 Å². The standard InChI is InChI=1S/C13H19N3O2/c1-16(12-3-2-11(14)9-15-12)13(17)8-10-4-6-18-7-5-10/h2-3,9-10H,4-8,14H2,1H3. The molecular formula is C13H19N3O2. The van der Waals surface area contributed by atoms with E-state index in [-0.39, 0.29) is 5.91 Å². The van der Waals surface area contributed by atoms with E-state index in [9.17, 15) is 4.79 Å². The molecular weight excluding hydrogens is 230 g/mol. The van der Waals surface area contributed by atoms with Crippen LogP contribution in [0.25, 0.3) is 0 Å². The molecule has 0 bridgehead atoms. The number of carbonyl (C=O) groups is 1. The Labute approximate surface area is 107 Å². The maximum absolute atomic E-state index is 12.1. The lowest BCUT2D eigenvalue weighted by atomic mass is 9.96. The molecule has 1 saturated heterocycles. The van der Waals surface area contributed by atoms with Gasteiger partial charge in [0.1, 0.15) is 5.82 Å². The molecule has 0 aromatic carbocycles. The van der Waals surface area contributed by atoms with Gasteiger partial charge >= 0.3 is 0 Å². The lowest BCUT2D eigenvalue weighted by Crippen LogP contribution is -2.30. The van der Waals surface area contributed by atoms with Gasteiger partial charge in [-0.15, -0.1) is 0 Å². The van der Waals surface area contributed by atoms with Crippen molar-refractivity contribution in [2.24, 2.45) is 5.92 Å². The quantitative estimate of drug-likeness (QED) is 0.880. The molecule has 2 heterocycles. The molecule has 0 saturated carbocycles. The fourth-order valence-corrected chi connectivity index (χ4v) is 2.06. The molecule has 18 heavy (non-hydrogen) atoms. The van der Waals surface area contributed by atoms with Crippen LogP contribution in [0.5, 0.6) is 0 Å². The summed E-state index contributed by atoms with van der Waals surface area (Å²) >= 11 is 0. The van der Waals surface area contributed by atoms with Crippen LogP contribution in [0.4, 0.5) is 11.5 Å². The summed E-state index contributed by atoms with van der Waals surface area (Å²) in [4.78, 5) is 17.9. The number of amides is 1. The Morgan fingerprint density at radius 1 is 1.50 bits per heavy atom. The molecule has 0 radical (unpaired) electrons. The molecule has 5 heteroatoms. The molecule has 0 unspecified atom stereocenters. The lowest BCUT2D eigenvalue weighted by molar-refractivity contribution is -0.119. The first-order valence-corrected chi connectivity index (χ1v) is 6.22. The minimum absolute atomic E-state index is 0.0965. The number of hydrogen-bond acceptors (Lipinski definition) is 4. The van der Waals surface area contributed by atoms with Gasteiger partial charge < -0.3 is 10.5 Å². The van der Waals surface area contributed by atoms with Gasteiger partial charge in [0.2, 0.25) is 5.91 Å². The van der Waals surface area contributed by atoms with Crippen LogP contribution in [0.3, 0.4) is 0 Å². The van der Waals surface area contributed by atoms with Crippen molar-refractivity contribution >= 4 is 17.4 Å². The third kappa shape index (κ3) is 3.20. The first kappa shape index (κ1) is 12.8. The van der Waals surface area contributed by atoms with Gasteiger partial charge in [-0.25, -0.2) is 4.98 Å². The van der Waals surface area contributed by atoms with E-state index in [0.29, 0.717) is 23.8 Å². The van der Waals surface area contributed by atoms with Crippen molar-refractivity contribution < 1.29 is 9.53 Å². The van der Waals surface area contributed by atoms with Gasteiger partial charge in [-0.05, 0) is 30.9 Å². The van der Waals surface area contributed by atoms with E-state index < -0.39 is 0 Å². The summed E-state index contributed by atoms with van der Waals surface area (Å²) in [6, 6.07) is 3.51. The largest absolute Gasteiger partial charge is 0.397 e. The highest BCUT2D eigenvalue weighted by Crippen LogP contribution is 2.20. The number of hydrogen-bond donors (Lipinski definition) is 1. The zero-order valence-electron chi connectivity index (χ0n) is 10.6. The number of nitrogens with two attached hydrogens (primary N) is 1. The normalized spacial score (nSPS) is 16.5. The highest BCUT2D eigenvalue weighted by Gasteiger charge is 2.20. The summed E-state index contributed by atoms with van der Waals surface area (Å²) in [5.74, 6) is 1.17. The number of aromatic nitrogens is 1. The molecule has 1 amide bonds. The Balaban J connectivity index is 1.93. The van der Waals surface area contributed by atoms with E-state index in [1.165, 1.54) is 0 Å². The van der Waals surface area contributed by atoms with Gasteiger partial charge in [0.05, 0.1) is 11.9 Å². The summed E-state index contributed by atoms with van der Waals surface area (Å²) in [5, 5.41) is 0. The molecule has 0 atom stereocenters. The predicted octanol–water partition coefficient (Wildman–Crippen LogP) is 1.44. The average Bonchev–Trinajstić information content (AvgIpc) is 2.40. The lowest BCUT2D eigenvalue weighted by Gasteiger charge is -2.24. The maximum Gasteiger partial charge on any atom is 0.228 e. The van der Waals surface area contributed by atoms with Crippen LogP contribution in [0.1, 0.15) is 19.3 Å². The number of pyridine rings is 1. The average molecular weight is 249 g/mol. The van der Waals surface area contributed by atoms with E-state index in [1.807, 2.05) is 0 Å². The summed E-state index contributed by atoms with van der Waals surface area (Å²) in [6.07, 6.45) is 4.06. The molecule has 2 N–H and O–H groups in total. The zero-order chi connectivity index (χ0) is 13.0. The molecule has 98 valence electrons. The van der Waals surface area contributed by atoms with Crippen molar-refractivity contribution in [1.82, 2.24) is 4.98 Å². The third-order valence-corrected chi connectivity index (χ3v) is 3.29. The first-order chi connectivity index (χ1) is 8.66. The van der Waals surface area contributed by atoms with Gasteiger partial charge in [-0.3, -0.25) is 9.69 Å². The molecule has 1 aliphatic heterocycles. The van der Waals surface area contributed by atoms with Crippen LogP contribution < -0.4 is 10.6 Å². The third-order valence-electron chi connectivity index (χ3n) is 3.29. The first-order valence-electron chi connectivity index (χ1n) is 6.22. The molecule has 1 fully saturated rings. The molecule has 1 aromatic heterocycles. The van der Waals surface area contributed by atoms with Crippen molar-refractivity contribution in [3.63, 3.8) is 0 Å². The number of rotatable bonds is 3. The Kier molecular flexibility index (Phi) is 4.15. The number of nitrogen functional groups attached to an aromatic ring is 1. The predicted molar refractivity (Wildman–Crippen MR) is 70.2 cm³/mol. The van der Waals surface area contributed by atoms with Crippen molar-refractivity contribution in [3.8, 4) is 0 Å². The summed E-state index contributed by atoms with van der Waals surface area (Å²) in [7, 11) is 1.75. The van der Waals surface area contributed by atoms with Crippen molar-refractivity contribution in [1.29, 1.82) is 0 Å². The van der Waals surface area contributed by atoms with Gasteiger partial charge in [0.25, 0.3) is 0 Å². The van der Waals surface area contributed by atoms with Crippen molar-refractivity contribution in [2.75, 3.05) is 30.9 Å². The Bertz CT molecular complexity index is 399. The SMILES string of the molecule is CN(C(=O)CC1CCOCC1)c1ccc(N)cn1. The number of anilines is 2. The second-order valence-corrected chi connectivity index (χ2v) is 4.66. The minimum Gasteiger partial charge on any atom is -0.397 e. The Morgan fingerprint density at radius 2 is 2.22 bits per heavy atom. The van der Waals surface area contributed by atoms with Crippen LogP contribution in [-0.4, -0.2) is 31.2 Å². The van der Waals surface area contributed by atoms with Crippen LogP contribution in [0.15, 0.2) is 18.3 Å². The number of ether oxygens (including phenoxy) is 1. The van der Waals surface area contributed by atoms with Gasteiger partial charge in [0, 0.05) is 26.7 Å². The van der Waals surface area contributed by atoms with Gasteiger partial charge in [-0.1, -0.05) is 0 Å². The second kappa shape index (κ2) is 5.82. The van der Waals surface area contributed by atoms with E-state index in [4.69, 9.17) is 10.5 Å². The molecule has 5 nitrogen and oxygen atoms in total. The monoisotopic (exact) mass is 249 g/mol.